The first-order valence-corrected chi connectivity index (χ1v) is 11.5. The van der Waals surface area contributed by atoms with Gasteiger partial charge in [0.15, 0.2) is 0 Å². The number of hydrogen-bond acceptors (Lipinski definition) is 7. The molecule has 0 radical (unpaired) electrons. The molecule has 0 saturated heterocycles. The predicted octanol–water partition coefficient (Wildman–Crippen LogP) is 5.13. The minimum atomic E-state index is -4.40. The normalized spacial score (nSPS) is 13.4. The molecular formula is C24H21ClF3N7O. The summed E-state index contributed by atoms with van der Waals surface area (Å²) in [7, 11) is 0. The zero-order chi connectivity index (χ0) is 25.1. The van der Waals surface area contributed by atoms with Gasteiger partial charge in [0, 0.05) is 36.4 Å². The van der Waals surface area contributed by atoms with Gasteiger partial charge in [-0.05, 0) is 42.8 Å². The molecule has 8 nitrogen and oxygen atoms in total. The molecule has 1 aromatic carbocycles. The van der Waals surface area contributed by atoms with E-state index in [0.717, 1.165) is 23.4 Å². The van der Waals surface area contributed by atoms with Crippen molar-refractivity contribution in [3.8, 4) is 6.01 Å². The largest absolute Gasteiger partial charge is 0.462 e. The summed E-state index contributed by atoms with van der Waals surface area (Å²) in [4.78, 5) is 19.6. The Hall–Kier alpha value is -3.86. The van der Waals surface area contributed by atoms with E-state index >= 15 is 0 Å². The third-order valence-electron chi connectivity index (χ3n) is 5.70. The standard InChI is InChI=1S/C24H21ClF3N7O/c25-19-2-1-8-30-22(19)35-10-7-18-20(14-35)32-23(36-13-12-34-11-9-29-15-34)33-21(18)31-17-5-3-16(4-6-17)24(26,27)28/h1-6,8-9,11,15H,7,10,12-14H2,(H,31,32,33). The number of anilines is 3. The van der Waals surface area contributed by atoms with Crippen molar-refractivity contribution in [1.82, 2.24) is 24.5 Å². The van der Waals surface area contributed by atoms with Gasteiger partial charge in [0.1, 0.15) is 18.2 Å². The summed E-state index contributed by atoms with van der Waals surface area (Å²) in [5.41, 5.74) is 1.35. The first-order valence-electron chi connectivity index (χ1n) is 11.1. The summed E-state index contributed by atoms with van der Waals surface area (Å²) >= 11 is 6.36. The van der Waals surface area contributed by atoms with Crippen molar-refractivity contribution in [3.05, 3.63) is 83.2 Å². The predicted molar refractivity (Wildman–Crippen MR) is 128 cm³/mol. The Morgan fingerprint density at radius 2 is 1.92 bits per heavy atom. The molecule has 0 fully saturated rings. The van der Waals surface area contributed by atoms with Crippen molar-refractivity contribution in [1.29, 1.82) is 0 Å². The second-order valence-corrected chi connectivity index (χ2v) is 8.52. The fourth-order valence-electron chi connectivity index (χ4n) is 3.91. The molecule has 186 valence electrons. The van der Waals surface area contributed by atoms with Crippen LogP contribution in [0.2, 0.25) is 5.02 Å². The van der Waals surface area contributed by atoms with Gasteiger partial charge >= 0.3 is 12.2 Å². The van der Waals surface area contributed by atoms with Crippen molar-refractivity contribution in [2.75, 3.05) is 23.4 Å². The second kappa shape index (κ2) is 10.0. The molecule has 1 N–H and O–H groups in total. The van der Waals surface area contributed by atoms with E-state index in [0.29, 0.717) is 55.0 Å². The lowest BCUT2D eigenvalue weighted by atomic mass is 10.1. The van der Waals surface area contributed by atoms with E-state index in [4.69, 9.17) is 16.3 Å². The van der Waals surface area contributed by atoms with Crippen LogP contribution in [0.4, 0.5) is 30.5 Å². The zero-order valence-corrected chi connectivity index (χ0v) is 19.7. The molecule has 1 aliphatic heterocycles. The summed E-state index contributed by atoms with van der Waals surface area (Å²) in [5, 5.41) is 3.68. The molecule has 3 aromatic heterocycles. The number of pyridine rings is 1. The molecule has 36 heavy (non-hydrogen) atoms. The van der Waals surface area contributed by atoms with Crippen LogP contribution in [-0.2, 0) is 25.7 Å². The second-order valence-electron chi connectivity index (χ2n) is 8.11. The molecule has 0 atom stereocenters. The van der Waals surface area contributed by atoms with E-state index in [1.165, 1.54) is 12.1 Å². The number of fused-ring (bicyclic) bond motifs is 1. The summed E-state index contributed by atoms with van der Waals surface area (Å²) in [6.07, 6.45) is 3.05. The van der Waals surface area contributed by atoms with Crippen LogP contribution < -0.4 is 15.0 Å². The van der Waals surface area contributed by atoms with Crippen molar-refractivity contribution >= 4 is 28.9 Å². The van der Waals surface area contributed by atoms with Crippen LogP contribution >= 0.6 is 11.6 Å². The molecule has 0 bridgehead atoms. The third kappa shape index (κ3) is 5.35. The Kier molecular flexibility index (Phi) is 6.64. The van der Waals surface area contributed by atoms with Gasteiger partial charge in [0.05, 0.1) is 35.7 Å². The van der Waals surface area contributed by atoms with Crippen molar-refractivity contribution in [2.45, 2.75) is 25.7 Å². The van der Waals surface area contributed by atoms with Crippen LogP contribution in [0, 0.1) is 0 Å². The molecule has 12 heteroatoms. The van der Waals surface area contributed by atoms with Gasteiger partial charge in [-0.3, -0.25) is 0 Å². The first-order chi connectivity index (χ1) is 17.4. The summed E-state index contributed by atoms with van der Waals surface area (Å²) in [6, 6.07) is 8.52. The quantitative estimate of drug-likeness (QED) is 0.365. The van der Waals surface area contributed by atoms with E-state index < -0.39 is 11.7 Å². The molecule has 0 saturated carbocycles. The lowest BCUT2D eigenvalue weighted by molar-refractivity contribution is -0.137. The fraction of sp³-hybridized carbons (Fsp3) is 0.250. The fourth-order valence-corrected chi connectivity index (χ4v) is 4.15. The maximum absolute atomic E-state index is 13.0. The molecular weight excluding hydrogens is 495 g/mol. The highest BCUT2D eigenvalue weighted by Crippen LogP contribution is 2.33. The highest BCUT2D eigenvalue weighted by molar-refractivity contribution is 6.32. The van der Waals surface area contributed by atoms with Gasteiger partial charge in [-0.2, -0.15) is 23.1 Å². The minimum absolute atomic E-state index is 0.164. The molecule has 4 heterocycles. The number of alkyl halides is 3. The van der Waals surface area contributed by atoms with Crippen molar-refractivity contribution in [3.63, 3.8) is 0 Å². The number of imidazole rings is 1. The monoisotopic (exact) mass is 515 g/mol. The van der Waals surface area contributed by atoms with E-state index in [1.807, 2.05) is 15.7 Å². The maximum atomic E-state index is 13.0. The van der Waals surface area contributed by atoms with Crippen LogP contribution in [0.15, 0.2) is 61.3 Å². The smallest absolute Gasteiger partial charge is 0.416 e. The molecule has 5 rings (SSSR count). The van der Waals surface area contributed by atoms with E-state index in [2.05, 4.69) is 25.3 Å². The van der Waals surface area contributed by atoms with Crippen LogP contribution in [0.1, 0.15) is 16.8 Å². The topological polar surface area (TPSA) is 81.0 Å². The van der Waals surface area contributed by atoms with Gasteiger partial charge < -0.3 is 19.5 Å². The molecule has 0 amide bonds. The third-order valence-corrected chi connectivity index (χ3v) is 5.99. The highest BCUT2D eigenvalue weighted by atomic mass is 35.5. The Balaban J connectivity index is 1.42. The summed E-state index contributed by atoms with van der Waals surface area (Å²) < 4.78 is 46.6. The molecule has 0 spiro atoms. The Labute approximate surface area is 209 Å². The number of aromatic nitrogens is 5. The van der Waals surface area contributed by atoms with Crippen LogP contribution in [0.5, 0.6) is 6.01 Å². The Bertz CT molecular complexity index is 1330. The van der Waals surface area contributed by atoms with Gasteiger partial charge in [0.2, 0.25) is 0 Å². The average molecular weight is 516 g/mol. The number of hydrogen-bond donors (Lipinski definition) is 1. The number of benzene rings is 1. The molecule has 0 aliphatic carbocycles. The van der Waals surface area contributed by atoms with Gasteiger partial charge in [0.25, 0.3) is 0 Å². The van der Waals surface area contributed by atoms with E-state index in [9.17, 15) is 13.2 Å². The highest BCUT2D eigenvalue weighted by Gasteiger charge is 2.30. The van der Waals surface area contributed by atoms with E-state index in [-0.39, 0.29) is 6.01 Å². The Morgan fingerprint density at radius 1 is 1.08 bits per heavy atom. The summed E-state index contributed by atoms with van der Waals surface area (Å²) in [6.45, 7) is 1.91. The number of nitrogens with one attached hydrogen (secondary N) is 1. The van der Waals surface area contributed by atoms with Crippen LogP contribution in [-0.4, -0.2) is 37.7 Å². The summed E-state index contributed by atoms with van der Waals surface area (Å²) in [5.74, 6) is 1.15. The zero-order valence-electron chi connectivity index (χ0n) is 18.9. The van der Waals surface area contributed by atoms with Gasteiger partial charge in [-0.25, -0.2) is 9.97 Å². The van der Waals surface area contributed by atoms with Crippen LogP contribution in [0.3, 0.4) is 0 Å². The Morgan fingerprint density at radius 3 is 2.64 bits per heavy atom. The number of nitrogens with zero attached hydrogens (tertiary/aromatic N) is 6. The SMILES string of the molecule is FC(F)(F)c1ccc(Nc2nc(OCCn3ccnc3)nc3c2CCN(c2ncccc2Cl)C3)cc1. The number of ether oxygens (including phenoxy) is 1. The van der Waals surface area contributed by atoms with Crippen molar-refractivity contribution in [2.24, 2.45) is 0 Å². The molecule has 1 aliphatic rings. The molecule has 0 unspecified atom stereocenters. The van der Waals surface area contributed by atoms with Gasteiger partial charge in [-0.1, -0.05) is 11.6 Å². The minimum Gasteiger partial charge on any atom is -0.462 e. The van der Waals surface area contributed by atoms with Crippen LogP contribution in [0.25, 0.3) is 0 Å². The lowest BCUT2D eigenvalue weighted by Crippen LogP contribution is -2.33. The first kappa shape index (κ1) is 23.9. The average Bonchev–Trinajstić information content (AvgIpc) is 3.37. The maximum Gasteiger partial charge on any atom is 0.416 e. The lowest BCUT2D eigenvalue weighted by Gasteiger charge is -2.30. The number of rotatable bonds is 7. The van der Waals surface area contributed by atoms with E-state index in [1.54, 1.807) is 30.9 Å². The van der Waals surface area contributed by atoms with Crippen molar-refractivity contribution < 1.29 is 17.9 Å². The number of halogens is 4. The van der Waals surface area contributed by atoms with Gasteiger partial charge in [-0.15, -0.1) is 0 Å². The molecule has 4 aromatic rings.